The minimum Gasteiger partial charge on any atom is -0.298 e. The molecule has 0 aliphatic heterocycles. The van der Waals surface area contributed by atoms with Gasteiger partial charge in [-0.25, -0.2) is 4.39 Å². The summed E-state index contributed by atoms with van der Waals surface area (Å²) in [5.41, 5.74) is 1.65. The van der Waals surface area contributed by atoms with Crippen LogP contribution in [0.3, 0.4) is 0 Å². The van der Waals surface area contributed by atoms with Gasteiger partial charge in [0.15, 0.2) is 11.0 Å². The predicted molar refractivity (Wildman–Crippen MR) is 99.3 cm³/mol. The molecule has 26 heavy (non-hydrogen) atoms. The van der Waals surface area contributed by atoms with Gasteiger partial charge in [-0.3, -0.25) is 14.3 Å². The zero-order valence-electron chi connectivity index (χ0n) is 14.0. The fourth-order valence-electron chi connectivity index (χ4n) is 2.42. The third-order valence-corrected chi connectivity index (χ3v) is 4.65. The van der Waals surface area contributed by atoms with E-state index in [1.165, 1.54) is 23.9 Å². The highest BCUT2D eigenvalue weighted by Gasteiger charge is 2.15. The summed E-state index contributed by atoms with van der Waals surface area (Å²) < 4.78 is 14.8. The monoisotopic (exact) mass is 368 g/mol. The summed E-state index contributed by atoms with van der Waals surface area (Å²) in [5.74, 6) is 0.680. The Kier molecular flexibility index (Phi) is 5.91. The Hall–Kier alpha value is -2.80. The Morgan fingerprint density at radius 3 is 2.73 bits per heavy atom. The summed E-state index contributed by atoms with van der Waals surface area (Å²) in [6.45, 7) is 4.30. The molecule has 2 heterocycles. The largest absolute Gasteiger partial charge is 0.298 e. The van der Waals surface area contributed by atoms with Gasteiger partial charge in [0.25, 0.3) is 0 Å². The lowest BCUT2D eigenvalue weighted by Crippen LogP contribution is -2.07. The second-order valence-corrected chi connectivity index (χ2v) is 6.52. The Balaban J connectivity index is 1.69. The number of hydrogen-bond acceptors (Lipinski definition) is 5. The number of ketones is 1. The zero-order valence-corrected chi connectivity index (χ0v) is 14.8. The summed E-state index contributed by atoms with van der Waals surface area (Å²) in [5, 5.41) is 9.08. The fourth-order valence-corrected chi connectivity index (χ4v) is 3.23. The van der Waals surface area contributed by atoms with Gasteiger partial charge in [0, 0.05) is 30.9 Å². The van der Waals surface area contributed by atoms with Gasteiger partial charge in [-0.05, 0) is 29.8 Å². The summed E-state index contributed by atoms with van der Waals surface area (Å²) in [6, 6.07) is 9.70. The highest BCUT2D eigenvalue weighted by Crippen LogP contribution is 2.23. The number of pyridine rings is 1. The minimum absolute atomic E-state index is 0.0395. The first-order valence-corrected chi connectivity index (χ1v) is 8.99. The first-order chi connectivity index (χ1) is 12.7. The lowest BCUT2D eigenvalue weighted by Gasteiger charge is -2.07. The molecule has 0 unspecified atom stereocenters. The lowest BCUT2D eigenvalue weighted by atomic mass is 10.1. The van der Waals surface area contributed by atoms with Crippen molar-refractivity contribution >= 4 is 17.5 Å². The van der Waals surface area contributed by atoms with Crippen molar-refractivity contribution in [3.05, 3.63) is 72.8 Å². The Morgan fingerprint density at radius 1 is 1.23 bits per heavy atom. The van der Waals surface area contributed by atoms with Crippen LogP contribution in [-0.4, -0.2) is 31.3 Å². The number of hydrogen-bond donors (Lipinski definition) is 0. The Labute approximate surface area is 155 Å². The molecule has 0 spiro atoms. The number of rotatable bonds is 8. The number of Topliss-reactive ketones (excluding diaryl/α,β-unsaturated/α-hetero) is 1. The van der Waals surface area contributed by atoms with E-state index < -0.39 is 0 Å². The standard InChI is InChI=1S/C19H17FN4OS/c1-2-10-24-18(15-4-3-9-21-12-15)22-23-19(24)26-13-17(25)11-14-5-7-16(20)8-6-14/h2-9,12H,1,10-11,13H2. The van der Waals surface area contributed by atoms with Crippen LogP contribution in [0.1, 0.15) is 5.56 Å². The van der Waals surface area contributed by atoms with Crippen LogP contribution in [0.2, 0.25) is 0 Å². The van der Waals surface area contributed by atoms with Gasteiger partial charge in [0.1, 0.15) is 11.6 Å². The van der Waals surface area contributed by atoms with E-state index in [2.05, 4.69) is 21.8 Å². The van der Waals surface area contributed by atoms with Crippen molar-refractivity contribution in [2.45, 2.75) is 18.1 Å². The van der Waals surface area contributed by atoms with Gasteiger partial charge in [-0.2, -0.15) is 0 Å². The molecule has 0 bridgehead atoms. The first kappa shape index (κ1) is 18.0. The smallest absolute Gasteiger partial charge is 0.192 e. The van der Waals surface area contributed by atoms with Crippen molar-refractivity contribution in [1.29, 1.82) is 0 Å². The van der Waals surface area contributed by atoms with Crippen molar-refractivity contribution in [3.63, 3.8) is 0 Å². The van der Waals surface area contributed by atoms with Gasteiger partial charge in [-0.1, -0.05) is 30.0 Å². The van der Waals surface area contributed by atoms with Crippen LogP contribution in [0, 0.1) is 5.82 Å². The van der Waals surface area contributed by atoms with Gasteiger partial charge in [0.05, 0.1) is 5.75 Å². The third kappa shape index (κ3) is 4.43. The minimum atomic E-state index is -0.309. The molecule has 0 fully saturated rings. The predicted octanol–water partition coefficient (Wildman–Crippen LogP) is 3.57. The fraction of sp³-hybridized carbons (Fsp3) is 0.158. The van der Waals surface area contributed by atoms with Crippen LogP contribution >= 0.6 is 11.8 Å². The van der Waals surface area contributed by atoms with Gasteiger partial charge in [-0.15, -0.1) is 16.8 Å². The van der Waals surface area contributed by atoms with Gasteiger partial charge in [0.2, 0.25) is 0 Å². The molecule has 0 N–H and O–H groups in total. The van der Waals surface area contributed by atoms with E-state index in [0.29, 0.717) is 17.5 Å². The van der Waals surface area contributed by atoms with Crippen LogP contribution in [-0.2, 0) is 17.8 Å². The highest BCUT2D eigenvalue weighted by molar-refractivity contribution is 7.99. The Bertz CT molecular complexity index is 894. The Morgan fingerprint density at radius 2 is 2.04 bits per heavy atom. The number of thioether (sulfide) groups is 1. The average molecular weight is 368 g/mol. The molecule has 7 heteroatoms. The van der Waals surface area contributed by atoms with E-state index in [-0.39, 0.29) is 23.8 Å². The molecule has 3 rings (SSSR count). The van der Waals surface area contributed by atoms with E-state index in [1.54, 1.807) is 30.6 Å². The number of aromatic nitrogens is 4. The van der Waals surface area contributed by atoms with Crippen molar-refractivity contribution < 1.29 is 9.18 Å². The molecule has 0 saturated carbocycles. The average Bonchev–Trinajstić information content (AvgIpc) is 3.06. The molecule has 0 aliphatic rings. The molecule has 0 amide bonds. The number of nitrogens with zero attached hydrogens (tertiary/aromatic N) is 4. The van der Waals surface area contributed by atoms with Gasteiger partial charge < -0.3 is 0 Å². The van der Waals surface area contributed by atoms with Crippen LogP contribution in [0.5, 0.6) is 0 Å². The van der Waals surface area contributed by atoms with E-state index in [1.807, 2.05) is 16.7 Å². The van der Waals surface area contributed by atoms with E-state index in [0.717, 1.165) is 11.1 Å². The molecule has 0 atom stereocenters. The number of benzene rings is 1. The molecule has 0 aliphatic carbocycles. The molecular weight excluding hydrogens is 351 g/mol. The second kappa shape index (κ2) is 8.53. The van der Waals surface area contributed by atoms with Crippen molar-refractivity contribution in [2.75, 3.05) is 5.75 Å². The molecule has 132 valence electrons. The first-order valence-electron chi connectivity index (χ1n) is 8.01. The SMILES string of the molecule is C=CCn1c(SCC(=O)Cc2ccc(F)cc2)nnc1-c1cccnc1. The zero-order chi connectivity index (χ0) is 18.4. The molecule has 0 saturated heterocycles. The van der Waals surface area contributed by atoms with Crippen molar-refractivity contribution in [2.24, 2.45) is 0 Å². The quantitative estimate of drug-likeness (QED) is 0.449. The van der Waals surface area contributed by atoms with Crippen molar-refractivity contribution in [3.8, 4) is 11.4 Å². The van der Waals surface area contributed by atoms with Crippen LogP contribution < -0.4 is 0 Å². The number of allylic oxidation sites excluding steroid dienone is 1. The third-order valence-electron chi connectivity index (χ3n) is 3.63. The molecule has 0 radical (unpaired) electrons. The second-order valence-electron chi connectivity index (χ2n) is 5.58. The molecular formula is C19H17FN4OS. The van der Waals surface area contributed by atoms with Crippen LogP contribution in [0.15, 0.2) is 66.6 Å². The molecule has 1 aromatic carbocycles. The molecule has 5 nitrogen and oxygen atoms in total. The summed E-state index contributed by atoms with van der Waals surface area (Å²) in [7, 11) is 0. The van der Waals surface area contributed by atoms with E-state index >= 15 is 0 Å². The molecule has 2 aromatic heterocycles. The maximum absolute atomic E-state index is 12.9. The summed E-state index contributed by atoms with van der Waals surface area (Å²) in [4.78, 5) is 16.3. The number of carbonyl (C=O) groups is 1. The van der Waals surface area contributed by atoms with E-state index in [9.17, 15) is 9.18 Å². The summed E-state index contributed by atoms with van der Waals surface area (Å²) >= 11 is 1.33. The summed E-state index contributed by atoms with van der Waals surface area (Å²) in [6.07, 6.45) is 5.44. The van der Waals surface area contributed by atoms with Gasteiger partial charge >= 0.3 is 0 Å². The topological polar surface area (TPSA) is 60.7 Å². The van der Waals surface area contributed by atoms with Crippen LogP contribution in [0.25, 0.3) is 11.4 Å². The maximum Gasteiger partial charge on any atom is 0.192 e. The van der Waals surface area contributed by atoms with Crippen LogP contribution in [0.4, 0.5) is 4.39 Å². The van der Waals surface area contributed by atoms with Crippen molar-refractivity contribution in [1.82, 2.24) is 19.7 Å². The number of carbonyl (C=O) groups excluding carboxylic acids is 1. The maximum atomic E-state index is 12.9. The number of halogens is 1. The van der Waals surface area contributed by atoms with E-state index in [4.69, 9.17) is 0 Å². The normalized spacial score (nSPS) is 10.7. The lowest BCUT2D eigenvalue weighted by molar-refractivity contribution is -0.116. The highest BCUT2D eigenvalue weighted by atomic mass is 32.2. The molecule has 3 aromatic rings.